The number of methoxy groups -OCH3 is 1. The van der Waals surface area contributed by atoms with E-state index in [4.69, 9.17) is 4.74 Å². The van der Waals surface area contributed by atoms with E-state index < -0.39 is 12.1 Å². The minimum Gasteiger partial charge on any atom is -0.497 e. The first-order valence-electron chi connectivity index (χ1n) is 7.64. The zero-order valence-electron chi connectivity index (χ0n) is 13.6. The highest BCUT2D eigenvalue weighted by atomic mass is 32.2. The quantitative estimate of drug-likeness (QED) is 0.733. The molecule has 0 saturated heterocycles. The van der Waals surface area contributed by atoms with Crippen molar-refractivity contribution in [3.8, 4) is 5.75 Å². The van der Waals surface area contributed by atoms with Crippen LogP contribution in [0.4, 0.5) is 13.2 Å². The number of hydrogen-bond acceptors (Lipinski definition) is 3. The summed E-state index contributed by atoms with van der Waals surface area (Å²) in [5.41, 5.74) is 1.01. The highest BCUT2D eigenvalue weighted by molar-refractivity contribution is 7.99. The number of hydrogen-bond donors (Lipinski definition) is 1. The van der Waals surface area contributed by atoms with Gasteiger partial charge in [-0.2, -0.15) is 13.2 Å². The molecule has 134 valence electrons. The van der Waals surface area contributed by atoms with Crippen LogP contribution in [0.25, 0.3) is 0 Å². The van der Waals surface area contributed by atoms with Gasteiger partial charge in [-0.3, -0.25) is 4.79 Å². The molecule has 0 atom stereocenters. The zero-order chi connectivity index (χ0) is 18.3. The Morgan fingerprint density at radius 3 is 2.12 bits per heavy atom. The van der Waals surface area contributed by atoms with Gasteiger partial charge in [0, 0.05) is 16.3 Å². The third-order valence-corrected chi connectivity index (χ3v) is 4.42. The minimum atomic E-state index is -4.82. The number of aryl methyl sites for hydroxylation is 1. The second-order valence-electron chi connectivity index (χ2n) is 5.28. The van der Waals surface area contributed by atoms with E-state index in [9.17, 15) is 18.0 Å². The maximum Gasteiger partial charge on any atom is 0.471 e. The summed E-state index contributed by atoms with van der Waals surface area (Å²) < 4.78 is 41.2. The van der Waals surface area contributed by atoms with Crippen LogP contribution >= 0.6 is 11.8 Å². The van der Waals surface area contributed by atoms with Gasteiger partial charge in [0.2, 0.25) is 0 Å². The fourth-order valence-electron chi connectivity index (χ4n) is 2.10. The molecular formula is C18H18F3NO2S. The van der Waals surface area contributed by atoms with Crippen molar-refractivity contribution in [3.63, 3.8) is 0 Å². The van der Waals surface area contributed by atoms with Gasteiger partial charge in [0.1, 0.15) is 5.75 Å². The van der Waals surface area contributed by atoms with Gasteiger partial charge in [0.25, 0.3) is 0 Å². The Bertz CT molecular complexity index is 685. The van der Waals surface area contributed by atoms with Crippen LogP contribution in [-0.2, 0) is 11.2 Å². The fraction of sp³-hybridized carbons (Fsp3) is 0.278. The summed E-state index contributed by atoms with van der Waals surface area (Å²) in [7, 11) is 1.62. The molecule has 0 bridgehead atoms. The first-order valence-corrected chi connectivity index (χ1v) is 8.46. The Labute approximate surface area is 148 Å². The molecule has 3 nitrogen and oxygen atoms in total. The molecule has 0 fully saturated rings. The SMILES string of the molecule is COc1ccc(Sc2ccc(CCCNC(=O)C(F)(F)F)cc2)cc1. The van der Waals surface area contributed by atoms with Gasteiger partial charge in [-0.1, -0.05) is 23.9 Å². The zero-order valence-corrected chi connectivity index (χ0v) is 14.4. The summed E-state index contributed by atoms with van der Waals surface area (Å²) in [6.07, 6.45) is -3.77. The van der Waals surface area contributed by atoms with Crippen LogP contribution in [0.15, 0.2) is 58.3 Å². The summed E-state index contributed by atoms with van der Waals surface area (Å²) in [5.74, 6) is -1.09. The smallest absolute Gasteiger partial charge is 0.471 e. The first kappa shape index (κ1) is 19.2. The van der Waals surface area contributed by atoms with Crippen molar-refractivity contribution in [1.29, 1.82) is 0 Å². The standard InChI is InChI=1S/C18H18F3NO2S/c1-24-14-6-10-16(11-7-14)25-15-8-4-13(5-9-15)3-2-12-22-17(23)18(19,20)21/h4-11H,2-3,12H2,1H3,(H,22,23). The van der Waals surface area contributed by atoms with Crippen LogP contribution in [0.3, 0.4) is 0 Å². The molecule has 25 heavy (non-hydrogen) atoms. The topological polar surface area (TPSA) is 38.3 Å². The van der Waals surface area contributed by atoms with Gasteiger partial charge in [-0.25, -0.2) is 0 Å². The Balaban J connectivity index is 1.78. The maximum absolute atomic E-state index is 12.0. The lowest BCUT2D eigenvalue weighted by Gasteiger charge is -2.08. The van der Waals surface area contributed by atoms with Crippen LogP contribution in [0, 0.1) is 0 Å². The molecule has 0 radical (unpaired) electrons. The van der Waals surface area contributed by atoms with Crippen LogP contribution in [0.5, 0.6) is 5.75 Å². The number of amides is 1. The number of ether oxygens (including phenoxy) is 1. The molecule has 0 unspecified atom stereocenters. The number of alkyl halides is 3. The highest BCUT2D eigenvalue weighted by Crippen LogP contribution is 2.29. The van der Waals surface area contributed by atoms with E-state index in [1.54, 1.807) is 18.9 Å². The maximum atomic E-state index is 12.0. The molecular weight excluding hydrogens is 351 g/mol. The molecule has 0 aliphatic heterocycles. The Kier molecular flexibility index (Phi) is 6.75. The van der Waals surface area contributed by atoms with Crippen LogP contribution in [0.2, 0.25) is 0 Å². The van der Waals surface area contributed by atoms with E-state index in [1.807, 2.05) is 53.8 Å². The van der Waals surface area contributed by atoms with Gasteiger partial charge in [0.05, 0.1) is 7.11 Å². The van der Waals surface area contributed by atoms with Gasteiger partial charge in [-0.15, -0.1) is 0 Å². The summed E-state index contributed by atoms with van der Waals surface area (Å²) >= 11 is 1.61. The molecule has 2 aromatic rings. The van der Waals surface area contributed by atoms with Crippen LogP contribution in [0.1, 0.15) is 12.0 Å². The largest absolute Gasteiger partial charge is 0.497 e. The van der Waals surface area contributed by atoms with Crippen molar-refractivity contribution in [2.75, 3.05) is 13.7 Å². The summed E-state index contributed by atoms with van der Waals surface area (Å²) in [6, 6.07) is 15.6. The van der Waals surface area contributed by atoms with E-state index in [0.29, 0.717) is 12.8 Å². The molecule has 0 spiro atoms. The molecule has 0 aromatic heterocycles. The van der Waals surface area contributed by atoms with Gasteiger partial charge < -0.3 is 10.1 Å². The van der Waals surface area contributed by atoms with Crippen molar-refractivity contribution < 1.29 is 22.7 Å². The van der Waals surface area contributed by atoms with Crippen molar-refractivity contribution in [2.45, 2.75) is 28.8 Å². The molecule has 1 N–H and O–H groups in total. The van der Waals surface area contributed by atoms with E-state index in [2.05, 4.69) is 0 Å². The van der Waals surface area contributed by atoms with Gasteiger partial charge in [0.15, 0.2) is 0 Å². The number of halogens is 3. The second kappa shape index (κ2) is 8.80. The number of carbonyl (C=O) groups excluding carboxylic acids is 1. The normalized spacial score (nSPS) is 11.2. The predicted octanol–water partition coefficient (Wildman–Crippen LogP) is 4.46. The van der Waals surface area contributed by atoms with Crippen molar-refractivity contribution in [1.82, 2.24) is 5.32 Å². The van der Waals surface area contributed by atoms with E-state index >= 15 is 0 Å². The third kappa shape index (κ3) is 6.34. The van der Waals surface area contributed by atoms with E-state index in [1.165, 1.54) is 0 Å². The van der Waals surface area contributed by atoms with Crippen molar-refractivity contribution >= 4 is 17.7 Å². The molecule has 0 aliphatic rings. The van der Waals surface area contributed by atoms with Gasteiger partial charge >= 0.3 is 12.1 Å². The Hall–Kier alpha value is -2.15. The number of nitrogens with one attached hydrogen (secondary N) is 1. The summed E-state index contributed by atoms with van der Waals surface area (Å²) in [4.78, 5) is 12.8. The molecule has 2 aromatic carbocycles. The van der Waals surface area contributed by atoms with Gasteiger partial charge in [-0.05, 0) is 54.8 Å². The van der Waals surface area contributed by atoms with Crippen molar-refractivity contribution in [2.24, 2.45) is 0 Å². The van der Waals surface area contributed by atoms with E-state index in [0.717, 1.165) is 21.1 Å². The Morgan fingerprint density at radius 1 is 1.04 bits per heavy atom. The summed E-state index contributed by atoms with van der Waals surface area (Å²) in [6.45, 7) is 0.000688. The molecule has 0 aliphatic carbocycles. The summed E-state index contributed by atoms with van der Waals surface area (Å²) in [5, 5.41) is 1.87. The van der Waals surface area contributed by atoms with Crippen LogP contribution < -0.4 is 10.1 Å². The van der Waals surface area contributed by atoms with E-state index in [-0.39, 0.29) is 6.54 Å². The molecule has 2 rings (SSSR count). The minimum absolute atomic E-state index is 0.000688. The van der Waals surface area contributed by atoms with Crippen molar-refractivity contribution in [3.05, 3.63) is 54.1 Å². The number of rotatable bonds is 7. The monoisotopic (exact) mass is 369 g/mol. The highest BCUT2D eigenvalue weighted by Gasteiger charge is 2.38. The fourth-order valence-corrected chi connectivity index (χ4v) is 2.92. The molecule has 1 amide bonds. The number of carbonyl (C=O) groups is 1. The second-order valence-corrected chi connectivity index (χ2v) is 6.43. The lowest BCUT2D eigenvalue weighted by atomic mass is 10.1. The molecule has 7 heteroatoms. The lowest BCUT2D eigenvalue weighted by Crippen LogP contribution is -2.37. The average molecular weight is 369 g/mol. The molecule has 0 saturated carbocycles. The Morgan fingerprint density at radius 2 is 1.60 bits per heavy atom. The number of benzene rings is 2. The predicted molar refractivity (Wildman–Crippen MR) is 90.9 cm³/mol. The van der Waals surface area contributed by atoms with Crippen LogP contribution in [-0.4, -0.2) is 25.7 Å². The first-order chi connectivity index (χ1) is 11.9. The lowest BCUT2D eigenvalue weighted by molar-refractivity contribution is -0.173. The average Bonchev–Trinajstić information content (AvgIpc) is 2.59. The molecule has 0 heterocycles. The third-order valence-electron chi connectivity index (χ3n) is 3.40.